The molecule has 0 saturated carbocycles. The minimum absolute atomic E-state index is 0.203. The van der Waals surface area contributed by atoms with Crippen molar-refractivity contribution in [2.45, 2.75) is 26.7 Å². The summed E-state index contributed by atoms with van der Waals surface area (Å²) in [6.45, 7) is 3.56. The standard InChI is InChI=1S/C12H13NO/c1-9-7-11(8-13)4-6-12(9)5-3-10(2)14/h4,6-7H,3,5H2,1-2H3. The smallest absolute Gasteiger partial charge is 0.130 e. The van der Waals surface area contributed by atoms with Crippen LogP contribution >= 0.6 is 0 Å². The number of hydrogen-bond acceptors (Lipinski definition) is 2. The van der Waals surface area contributed by atoms with Crippen molar-refractivity contribution in [3.05, 3.63) is 34.9 Å². The Morgan fingerprint density at radius 1 is 1.50 bits per heavy atom. The summed E-state index contributed by atoms with van der Waals surface area (Å²) >= 11 is 0. The first-order valence-corrected chi connectivity index (χ1v) is 4.62. The van der Waals surface area contributed by atoms with Crippen molar-refractivity contribution in [3.63, 3.8) is 0 Å². The Hall–Kier alpha value is -1.62. The number of nitrogens with zero attached hydrogens (tertiary/aromatic N) is 1. The summed E-state index contributed by atoms with van der Waals surface area (Å²) in [4.78, 5) is 10.8. The van der Waals surface area contributed by atoms with Crippen LogP contribution in [0.5, 0.6) is 0 Å². The second kappa shape index (κ2) is 4.57. The van der Waals surface area contributed by atoms with Gasteiger partial charge in [0.25, 0.3) is 0 Å². The molecule has 0 radical (unpaired) electrons. The van der Waals surface area contributed by atoms with Crippen LogP contribution in [0.15, 0.2) is 18.2 Å². The second-order valence-electron chi connectivity index (χ2n) is 3.46. The van der Waals surface area contributed by atoms with Crippen molar-refractivity contribution in [2.75, 3.05) is 0 Å². The SMILES string of the molecule is CC(=O)CCc1ccc(C#N)cc1C. The summed E-state index contributed by atoms with van der Waals surface area (Å²) in [7, 11) is 0. The molecule has 0 aliphatic carbocycles. The van der Waals surface area contributed by atoms with Crippen LogP contribution in [0.3, 0.4) is 0 Å². The van der Waals surface area contributed by atoms with Crippen molar-refractivity contribution in [1.82, 2.24) is 0 Å². The number of benzene rings is 1. The molecule has 0 fully saturated rings. The van der Waals surface area contributed by atoms with Gasteiger partial charge in [0.05, 0.1) is 11.6 Å². The maximum atomic E-state index is 10.8. The summed E-state index contributed by atoms with van der Waals surface area (Å²) in [6, 6.07) is 7.67. The maximum Gasteiger partial charge on any atom is 0.130 e. The van der Waals surface area contributed by atoms with Gasteiger partial charge in [-0.05, 0) is 43.5 Å². The highest BCUT2D eigenvalue weighted by Gasteiger charge is 2.01. The number of carbonyl (C=O) groups is 1. The molecule has 1 aromatic carbocycles. The molecular weight excluding hydrogens is 174 g/mol. The van der Waals surface area contributed by atoms with Crippen LogP contribution in [0.4, 0.5) is 0 Å². The molecule has 0 aliphatic heterocycles. The third kappa shape index (κ3) is 2.70. The lowest BCUT2D eigenvalue weighted by molar-refractivity contribution is -0.116. The number of Topliss-reactive ketones (excluding diaryl/α,β-unsaturated/α-hetero) is 1. The van der Waals surface area contributed by atoms with E-state index in [9.17, 15) is 4.79 Å². The molecule has 14 heavy (non-hydrogen) atoms. The molecule has 1 aromatic rings. The lowest BCUT2D eigenvalue weighted by atomic mass is 10.0. The van der Waals surface area contributed by atoms with Crippen LogP contribution in [0.2, 0.25) is 0 Å². The number of ketones is 1. The predicted octanol–water partition coefficient (Wildman–Crippen LogP) is 2.39. The third-order valence-electron chi connectivity index (χ3n) is 2.22. The average Bonchev–Trinajstić information content (AvgIpc) is 2.15. The Bertz CT molecular complexity index is 388. The summed E-state index contributed by atoms with van der Waals surface area (Å²) in [5.41, 5.74) is 2.92. The fraction of sp³-hybridized carbons (Fsp3) is 0.333. The van der Waals surface area contributed by atoms with Crippen LogP contribution in [-0.4, -0.2) is 5.78 Å². The fourth-order valence-corrected chi connectivity index (χ4v) is 1.36. The first kappa shape index (κ1) is 10.5. The van der Waals surface area contributed by atoms with Crippen molar-refractivity contribution in [3.8, 4) is 6.07 Å². The van der Waals surface area contributed by atoms with Gasteiger partial charge < -0.3 is 4.79 Å². The van der Waals surface area contributed by atoms with Crippen molar-refractivity contribution < 1.29 is 4.79 Å². The van der Waals surface area contributed by atoms with Crippen molar-refractivity contribution in [1.29, 1.82) is 5.26 Å². The maximum absolute atomic E-state index is 10.8. The Morgan fingerprint density at radius 2 is 2.21 bits per heavy atom. The van der Waals surface area contributed by atoms with E-state index in [4.69, 9.17) is 5.26 Å². The summed E-state index contributed by atoms with van der Waals surface area (Å²) in [5.74, 6) is 0.203. The quantitative estimate of drug-likeness (QED) is 0.729. The highest BCUT2D eigenvalue weighted by Crippen LogP contribution is 2.12. The van der Waals surface area contributed by atoms with Gasteiger partial charge in [0.15, 0.2) is 0 Å². The molecule has 0 aromatic heterocycles. The summed E-state index contributed by atoms with van der Waals surface area (Å²) in [5, 5.41) is 8.67. The Labute approximate surface area is 84.2 Å². The molecule has 1 rings (SSSR count). The molecule has 0 unspecified atom stereocenters. The van der Waals surface area contributed by atoms with Crippen LogP contribution in [-0.2, 0) is 11.2 Å². The van der Waals surface area contributed by atoms with E-state index in [-0.39, 0.29) is 5.78 Å². The lowest BCUT2D eigenvalue weighted by Gasteiger charge is -2.04. The van der Waals surface area contributed by atoms with Gasteiger partial charge in [-0.15, -0.1) is 0 Å². The molecule has 72 valence electrons. The highest BCUT2D eigenvalue weighted by atomic mass is 16.1. The van der Waals surface area contributed by atoms with E-state index in [0.717, 1.165) is 17.5 Å². The predicted molar refractivity (Wildman–Crippen MR) is 54.9 cm³/mol. The number of hydrogen-bond donors (Lipinski definition) is 0. The zero-order valence-electron chi connectivity index (χ0n) is 8.50. The van der Waals surface area contributed by atoms with Gasteiger partial charge >= 0.3 is 0 Å². The third-order valence-corrected chi connectivity index (χ3v) is 2.22. The van der Waals surface area contributed by atoms with E-state index in [0.29, 0.717) is 12.0 Å². The van der Waals surface area contributed by atoms with Gasteiger partial charge in [-0.25, -0.2) is 0 Å². The molecule has 0 spiro atoms. The number of rotatable bonds is 3. The zero-order valence-corrected chi connectivity index (χ0v) is 8.50. The topological polar surface area (TPSA) is 40.9 Å². The number of aryl methyl sites for hydroxylation is 2. The first-order chi connectivity index (χ1) is 6.63. The molecule has 2 heteroatoms. The van der Waals surface area contributed by atoms with E-state index in [1.807, 2.05) is 19.1 Å². The molecule has 0 saturated heterocycles. The minimum atomic E-state index is 0.203. The van der Waals surface area contributed by atoms with E-state index in [1.165, 1.54) is 0 Å². The molecule has 0 atom stereocenters. The van der Waals surface area contributed by atoms with Gasteiger partial charge in [0, 0.05) is 6.42 Å². The molecular formula is C12H13NO. The van der Waals surface area contributed by atoms with Crippen LogP contribution in [0.1, 0.15) is 30.0 Å². The van der Waals surface area contributed by atoms with E-state index in [1.54, 1.807) is 13.0 Å². The van der Waals surface area contributed by atoms with E-state index in [2.05, 4.69) is 6.07 Å². The van der Waals surface area contributed by atoms with Gasteiger partial charge in [0.1, 0.15) is 5.78 Å². The highest BCUT2D eigenvalue weighted by molar-refractivity contribution is 5.75. The van der Waals surface area contributed by atoms with Crippen molar-refractivity contribution in [2.24, 2.45) is 0 Å². The van der Waals surface area contributed by atoms with Crippen LogP contribution in [0, 0.1) is 18.3 Å². The van der Waals surface area contributed by atoms with Gasteiger partial charge in [-0.2, -0.15) is 5.26 Å². The summed E-state index contributed by atoms with van der Waals surface area (Å²) in [6.07, 6.45) is 1.35. The largest absolute Gasteiger partial charge is 0.300 e. The van der Waals surface area contributed by atoms with Gasteiger partial charge in [-0.1, -0.05) is 6.07 Å². The zero-order chi connectivity index (χ0) is 10.6. The monoisotopic (exact) mass is 187 g/mol. The Balaban J connectivity index is 2.80. The molecule has 0 bridgehead atoms. The molecule has 0 heterocycles. The first-order valence-electron chi connectivity index (χ1n) is 4.62. The second-order valence-corrected chi connectivity index (χ2v) is 3.46. The molecule has 0 amide bonds. The van der Waals surface area contributed by atoms with Crippen molar-refractivity contribution >= 4 is 5.78 Å². The fourth-order valence-electron chi connectivity index (χ4n) is 1.36. The Morgan fingerprint density at radius 3 is 2.71 bits per heavy atom. The number of nitriles is 1. The number of carbonyl (C=O) groups excluding carboxylic acids is 1. The average molecular weight is 187 g/mol. The minimum Gasteiger partial charge on any atom is -0.300 e. The molecule has 0 N–H and O–H groups in total. The molecule has 0 aliphatic rings. The summed E-state index contributed by atoms with van der Waals surface area (Å²) < 4.78 is 0. The normalized spacial score (nSPS) is 9.50. The van der Waals surface area contributed by atoms with Gasteiger partial charge in [-0.3, -0.25) is 0 Å². The lowest BCUT2D eigenvalue weighted by Crippen LogP contribution is -1.96. The van der Waals surface area contributed by atoms with E-state index >= 15 is 0 Å². The van der Waals surface area contributed by atoms with E-state index < -0.39 is 0 Å². The van der Waals surface area contributed by atoms with Crippen LogP contribution < -0.4 is 0 Å². The van der Waals surface area contributed by atoms with Crippen LogP contribution in [0.25, 0.3) is 0 Å². The molecule has 2 nitrogen and oxygen atoms in total. The van der Waals surface area contributed by atoms with Gasteiger partial charge in [0.2, 0.25) is 0 Å². The Kier molecular flexibility index (Phi) is 3.41.